The molecule has 0 fully saturated rings. The van der Waals surface area contributed by atoms with Gasteiger partial charge in [0.2, 0.25) is 0 Å². The number of hydrogen-bond donors (Lipinski definition) is 2. The molecule has 1 aromatic heterocycles. The molecule has 0 spiro atoms. The molecule has 0 saturated heterocycles. The Labute approximate surface area is 188 Å². The predicted molar refractivity (Wildman–Crippen MR) is 125 cm³/mol. The van der Waals surface area contributed by atoms with Gasteiger partial charge in [0.15, 0.2) is 17.5 Å². The van der Waals surface area contributed by atoms with Crippen molar-refractivity contribution in [2.45, 2.75) is 46.3 Å². The normalized spacial score (nSPS) is 14.6. The van der Waals surface area contributed by atoms with Crippen LogP contribution >= 0.6 is 35.3 Å². The summed E-state index contributed by atoms with van der Waals surface area (Å²) >= 11 is 1.67. The van der Waals surface area contributed by atoms with Gasteiger partial charge in [-0.25, -0.2) is 9.98 Å². The van der Waals surface area contributed by atoms with Crippen LogP contribution in [0.1, 0.15) is 36.2 Å². The van der Waals surface area contributed by atoms with Gasteiger partial charge in [0.05, 0.1) is 13.1 Å². The van der Waals surface area contributed by atoms with Crippen molar-refractivity contribution in [3.63, 3.8) is 0 Å². The number of aromatic nitrogens is 1. The number of hydrogen-bond acceptors (Lipinski definition) is 5. The first kappa shape index (κ1) is 22.7. The summed E-state index contributed by atoms with van der Waals surface area (Å²) in [4.78, 5) is 10.1. The molecule has 154 valence electrons. The Balaban J connectivity index is 0.00000280. The zero-order valence-corrected chi connectivity index (χ0v) is 20.0. The minimum absolute atomic E-state index is 0. The van der Waals surface area contributed by atoms with E-state index in [1.54, 1.807) is 11.3 Å². The van der Waals surface area contributed by atoms with Crippen LogP contribution in [-0.2, 0) is 13.0 Å². The lowest BCUT2D eigenvalue weighted by molar-refractivity contribution is 0.132. The lowest BCUT2D eigenvalue weighted by Gasteiger charge is -2.18. The SMILES string of the molecule is CCNC(=NCc1ncc(C)s1)NCCOc1cccc2c1OC(C)(C)C2.I. The summed E-state index contributed by atoms with van der Waals surface area (Å²) in [5.74, 6) is 2.45. The van der Waals surface area contributed by atoms with Crippen LogP contribution in [0.5, 0.6) is 11.5 Å². The van der Waals surface area contributed by atoms with Gasteiger partial charge in [-0.05, 0) is 33.8 Å². The molecular weight excluding hydrogens is 487 g/mol. The van der Waals surface area contributed by atoms with E-state index in [2.05, 4.69) is 47.4 Å². The molecule has 0 saturated carbocycles. The molecule has 0 aliphatic carbocycles. The Morgan fingerprint density at radius 2 is 2.18 bits per heavy atom. The minimum atomic E-state index is -0.168. The topological polar surface area (TPSA) is 67.8 Å². The Bertz CT molecular complexity index is 807. The van der Waals surface area contributed by atoms with Crippen molar-refractivity contribution in [1.29, 1.82) is 0 Å². The summed E-state index contributed by atoms with van der Waals surface area (Å²) in [5.41, 5.74) is 1.04. The molecule has 0 radical (unpaired) electrons. The number of aliphatic imine (C=N–C) groups is 1. The third-order valence-corrected chi connectivity index (χ3v) is 4.99. The van der Waals surface area contributed by atoms with E-state index in [4.69, 9.17) is 9.47 Å². The number of halogens is 1. The molecule has 2 aromatic rings. The van der Waals surface area contributed by atoms with Crippen LogP contribution in [0, 0.1) is 6.92 Å². The van der Waals surface area contributed by atoms with Crippen LogP contribution in [0.25, 0.3) is 0 Å². The maximum absolute atomic E-state index is 6.04. The van der Waals surface area contributed by atoms with Crippen molar-refractivity contribution in [2.24, 2.45) is 4.99 Å². The second kappa shape index (κ2) is 10.3. The molecule has 28 heavy (non-hydrogen) atoms. The van der Waals surface area contributed by atoms with Gasteiger partial charge < -0.3 is 20.1 Å². The molecule has 1 aromatic carbocycles. The second-order valence-electron chi connectivity index (χ2n) is 7.12. The number of para-hydroxylation sites is 1. The largest absolute Gasteiger partial charge is 0.488 e. The van der Waals surface area contributed by atoms with Crippen molar-refractivity contribution in [1.82, 2.24) is 15.6 Å². The molecule has 2 heterocycles. The number of thiazole rings is 1. The maximum Gasteiger partial charge on any atom is 0.191 e. The van der Waals surface area contributed by atoms with Crippen LogP contribution < -0.4 is 20.1 Å². The second-order valence-corrected chi connectivity index (χ2v) is 8.44. The first-order valence-electron chi connectivity index (χ1n) is 9.34. The third-order valence-electron chi connectivity index (χ3n) is 4.09. The Morgan fingerprint density at radius 3 is 2.89 bits per heavy atom. The van der Waals surface area contributed by atoms with Gasteiger partial charge in [-0.1, -0.05) is 12.1 Å². The van der Waals surface area contributed by atoms with Gasteiger partial charge in [0.25, 0.3) is 0 Å². The first-order chi connectivity index (χ1) is 13.0. The van der Waals surface area contributed by atoms with E-state index < -0.39 is 0 Å². The van der Waals surface area contributed by atoms with Crippen LogP contribution in [0.4, 0.5) is 0 Å². The van der Waals surface area contributed by atoms with E-state index in [1.165, 1.54) is 10.4 Å². The summed E-state index contributed by atoms with van der Waals surface area (Å²) in [6.45, 7) is 10.9. The van der Waals surface area contributed by atoms with Gasteiger partial charge in [0.1, 0.15) is 17.2 Å². The fourth-order valence-electron chi connectivity index (χ4n) is 2.99. The molecule has 1 aliphatic rings. The Hall–Kier alpha value is -1.55. The van der Waals surface area contributed by atoms with E-state index >= 15 is 0 Å². The summed E-state index contributed by atoms with van der Waals surface area (Å²) < 4.78 is 12.0. The quantitative estimate of drug-likeness (QED) is 0.253. The van der Waals surface area contributed by atoms with Gasteiger partial charge in [0, 0.05) is 29.6 Å². The zero-order valence-electron chi connectivity index (χ0n) is 16.9. The minimum Gasteiger partial charge on any atom is -0.488 e. The summed E-state index contributed by atoms with van der Waals surface area (Å²) in [7, 11) is 0. The number of aryl methyl sites for hydroxylation is 1. The lowest BCUT2D eigenvalue weighted by atomic mass is 10.0. The molecule has 0 bridgehead atoms. The Kier molecular flexibility index (Phi) is 8.36. The molecule has 0 amide bonds. The number of nitrogens with one attached hydrogen (secondary N) is 2. The number of ether oxygens (including phenoxy) is 2. The number of rotatable bonds is 7. The van der Waals surface area contributed by atoms with Crippen LogP contribution in [0.15, 0.2) is 29.4 Å². The van der Waals surface area contributed by atoms with E-state index in [-0.39, 0.29) is 29.6 Å². The summed E-state index contributed by atoms with van der Waals surface area (Å²) in [6, 6.07) is 6.09. The zero-order chi connectivity index (χ0) is 19.3. The van der Waals surface area contributed by atoms with Crippen molar-refractivity contribution in [3.05, 3.63) is 39.8 Å². The van der Waals surface area contributed by atoms with Crippen LogP contribution in [0.2, 0.25) is 0 Å². The van der Waals surface area contributed by atoms with Crippen molar-refractivity contribution >= 4 is 41.3 Å². The molecule has 1 aliphatic heterocycles. The number of nitrogens with zero attached hydrogens (tertiary/aromatic N) is 2. The Morgan fingerprint density at radius 1 is 1.36 bits per heavy atom. The highest BCUT2D eigenvalue weighted by Crippen LogP contribution is 2.41. The summed E-state index contributed by atoms with van der Waals surface area (Å²) in [6.07, 6.45) is 2.79. The van der Waals surface area contributed by atoms with Gasteiger partial charge in [-0.15, -0.1) is 35.3 Å². The smallest absolute Gasteiger partial charge is 0.191 e. The van der Waals surface area contributed by atoms with E-state index in [1.807, 2.05) is 25.3 Å². The van der Waals surface area contributed by atoms with Gasteiger partial charge in [-0.2, -0.15) is 0 Å². The third kappa shape index (κ3) is 6.23. The average molecular weight is 516 g/mol. The van der Waals surface area contributed by atoms with Crippen LogP contribution in [0.3, 0.4) is 0 Å². The maximum atomic E-state index is 6.04. The highest BCUT2D eigenvalue weighted by atomic mass is 127. The van der Waals surface area contributed by atoms with Crippen molar-refractivity contribution in [3.8, 4) is 11.5 Å². The van der Waals surface area contributed by atoms with E-state index in [0.29, 0.717) is 19.7 Å². The molecule has 6 nitrogen and oxygen atoms in total. The molecule has 2 N–H and O–H groups in total. The van der Waals surface area contributed by atoms with Crippen molar-refractivity contribution in [2.75, 3.05) is 19.7 Å². The van der Waals surface area contributed by atoms with Crippen LogP contribution in [-0.4, -0.2) is 36.2 Å². The molecule has 0 atom stereocenters. The fourth-order valence-corrected chi connectivity index (χ4v) is 3.71. The number of benzene rings is 1. The standard InChI is InChI=1S/C20H28N4O2S.HI/c1-5-21-19(24-13-17-23-12-14(2)27-17)22-9-10-25-16-8-6-7-15-11-20(3,4)26-18(15)16;/h6-8,12H,5,9-11,13H2,1-4H3,(H2,21,22,24);1H. The van der Waals surface area contributed by atoms with E-state index in [0.717, 1.165) is 35.4 Å². The fraction of sp³-hybridized carbons (Fsp3) is 0.500. The van der Waals surface area contributed by atoms with Crippen molar-refractivity contribution < 1.29 is 9.47 Å². The predicted octanol–water partition coefficient (Wildman–Crippen LogP) is 3.92. The highest BCUT2D eigenvalue weighted by molar-refractivity contribution is 14.0. The monoisotopic (exact) mass is 516 g/mol. The summed E-state index contributed by atoms with van der Waals surface area (Å²) in [5, 5.41) is 7.56. The molecule has 8 heteroatoms. The number of fused-ring (bicyclic) bond motifs is 1. The lowest BCUT2D eigenvalue weighted by Crippen LogP contribution is -2.39. The highest BCUT2D eigenvalue weighted by Gasteiger charge is 2.32. The molecular formula is C20H29IN4O2S. The first-order valence-corrected chi connectivity index (χ1v) is 10.2. The average Bonchev–Trinajstić information content (AvgIpc) is 3.17. The molecule has 3 rings (SSSR count). The van der Waals surface area contributed by atoms with E-state index in [9.17, 15) is 0 Å². The van der Waals surface area contributed by atoms with Gasteiger partial charge >= 0.3 is 0 Å². The van der Waals surface area contributed by atoms with Gasteiger partial charge in [-0.3, -0.25) is 0 Å². The molecule has 0 unspecified atom stereocenters. The number of guanidine groups is 1.